The Kier molecular flexibility index (Phi) is 2.89. The topological polar surface area (TPSA) is 20.2 Å². The fourth-order valence-corrected chi connectivity index (χ4v) is 7.50. The van der Waals surface area contributed by atoms with Crippen LogP contribution >= 0.6 is 0 Å². The Morgan fingerprint density at radius 3 is 2.20 bits per heavy atom. The van der Waals surface area contributed by atoms with Gasteiger partial charge in [-0.25, -0.2) is 0 Å². The van der Waals surface area contributed by atoms with Crippen molar-refractivity contribution in [3.63, 3.8) is 0 Å². The molecular formula is C19H32O. The zero-order valence-corrected chi connectivity index (χ0v) is 13.6. The normalized spacial score (nSPS) is 61.8. The van der Waals surface area contributed by atoms with E-state index < -0.39 is 0 Å². The molecule has 4 aliphatic rings. The van der Waals surface area contributed by atoms with E-state index in [9.17, 15) is 5.11 Å². The summed E-state index contributed by atoms with van der Waals surface area (Å²) in [5, 5.41) is 10.5. The first kappa shape index (κ1) is 13.6. The van der Waals surface area contributed by atoms with E-state index in [1.54, 1.807) is 0 Å². The molecule has 0 aliphatic heterocycles. The van der Waals surface area contributed by atoms with Crippen LogP contribution < -0.4 is 0 Å². The van der Waals surface area contributed by atoms with Crippen molar-refractivity contribution in [2.24, 2.45) is 40.4 Å². The van der Waals surface area contributed by atoms with Crippen molar-refractivity contribution in [1.29, 1.82) is 0 Å². The van der Waals surface area contributed by atoms with Crippen molar-refractivity contribution >= 4 is 0 Å². The van der Waals surface area contributed by atoms with E-state index in [0.717, 1.165) is 36.0 Å². The highest BCUT2D eigenvalue weighted by molar-refractivity contribution is 5.10. The van der Waals surface area contributed by atoms with Crippen LogP contribution in [0.5, 0.6) is 0 Å². The van der Waals surface area contributed by atoms with Crippen LogP contribution in [0.2, 0.25) is 0 Å². The molecule has 0 heterocycles. The summed E-state index contributed by atoms with van der Waals surface area (Å²) in [5.41, 5.74) is 0.895. The molecule has 0 radical (unpaired) electrons. The molecule has 0 unspecified atom stereocenters. The molecule has 0 aromatic heterocycles. The quantitative estimate of drug-likeness (QED) is 0.683. The summed E-state index contributed by atoms with van der Waals surface area (Å²) >= 11 is 0. The van der Waals surface area contributed by atoms with Gasteiger partial charge in [-0.15, -0.1) is 0 Å². The van der Waals surface area contributed by atoms with Gasteiger partial charge in [0.15, 0.2) is 0 Å². The van der Waals surface area contributed by atoms with E-state index in [4.69, 9.17) is 0 Å². The molecule has 0 aromatic rings. The van der Waals surface area contributed by atoms with Crippen molar-refractivity contribution < 1.29 is 5.11 Å². The van der Waals surface area contributed by atoms with E-state index in [-0.39, 0.29) is 11.5 Å². The Hall–Kier alpha value is -0.0400. The summed E-state index contributed by atoms with van der Waals surface area (Å²) in [6.07, 6.45) is 10.9. The number of rotatable bonds is 0. The van der Waals surface area contributed by atoms with Gasteiger partial charge in [0.25, 0.3) is 0 Å². The molecule has 4 aliphatic carbocycles. The van der Waals surface area contributed by atoms with Gasteiger partial charge in [-0.1, -0.05) is 20.8 Å². The molecule has 1 heteroatoms. The fourth-order valence-electron chi connectivity index (χ4n) is 7.50. The fraction of sp³-hybridized carbons (Fsp3) is 1.00. The summed E-state index contributed by atoms with van der Waals surface area (Å²) in [5.74, 6) is 4.68. The maximum absolute atomic E-state index is 10.5. The van der Waals surface area contributed by atoms with Crippen molar-refractivity contribution in [3.05, 3.63) is 0 Å². The van der Waals surface area contributed by atoms with Crippen LogP contribution in [-0.4, -0.2) is 11.2 Å². The third-order valence-corrected chi connectivity index (χ3v) is 8.72. The van der Waals surface area contributed by atoms with E-state index in [0.29, 0.717) is 5.41 Å². The van der Waals surface area contributed by atoms with Gasteiger partial charge in [-0.3, -0.25) is 0 Å². The zero-order valence-electron chi connectivity index (χ0n) is 13.6. The second-order valence-electron chi connectivity index (χ2n) is 9.22. The van der Waals surface area contributed by atoms with Gasteiger partial charge in [-0.05, 0) is 91.8 Å². The Bertz CT molecular complexity index is 405. The van der Waals surface area contributed by atoms with Crippen LogP contribution in [0.15, 0.2) is 0 Å². The van der Waals surface area contributed by atoms with Crippen molar-refractivity contribution in [3.8, 4) is 0 Å². The Balaban J connectivity index is 1.66. The van der Waals surface area contributed by atoms with Crippen LogP contribution in [0.3, 0.4) is 0 Å². The summed E-state index contributed by atoms with van der Waals surface area (Å²) in [6, 6.07) is 0. The number of aliphatic hydroxyl groups excluding tert-OH is 1. The van der Waals surface area contributed by atoms with Crippen LogP contribution in [0.4, 0.5) is 0 Å². The maximum Gasteiger partial charge on any atom is 0.0596 e. The van der Waals surface area contributed by atoms with Gasteiger partial charge < -0.3 is 5.11 Å². The highest BCUT2D eigenvalue weighted by atomic mass is 16.3. The second-order valence-corrected chi connectivity index (χ2v) is 9.22. The van der Waals surface area contributed by atoms with Crippen molar-refractivity contribution in [1.82, 2.24) is 0 Å². The molecule has 8 atom stereocenters. The highest BCUT2D eigenvalue weighted by Crippen LogP contribution is 2.67. The van der Waals surface area contributed by atoms with E-state index in [2.05, 4.69) is 20.8 Å². The second kappa shape index (κ2) is 4.24. The average molecular weight is 276 g/mol. The molecule has 4 rings (SSSR count). The SMILES string of the molecule is C[C@H]1CC[C@@]2(C)[C@@H]1CC[C@@H]1[C@@H]2CC[C@]2(C)[C@@H](O)CC[C@@H]12. The number of fused-ring (bicyclic) bond motifs is 5. The van der Waals surface area contributed by atoms with Crippen LogP contribution in [0.1, 0.15) is 72.1 Å². The minimum absolute atomic E-state index is 0.0125. The third kappa shape index (κ3) is 1.54. The number of hydrogen-bond donors (Lipinski definition) is 1. The molecule has 0 spiro atoms. The van der Waals surface area contributed by atoms with Gasteiger partial charge in [0.05, 0.1) is 6.10 Å². The minimum Gasteiger partial charge on any atom is -0.393 e. The lowest BCUT2D eigenvalue weighted by Crippen LogP contribution is -2.51. The molecule has 0 amide bonds. The summed E-state index contributed by atoms with van der Waals surface area (Å²) in [7, 11) is 0. The van der Waals surface area contributed by atoms with Crippen LogP contribution in [-0.2, 0) is 0 Å². The molecule has 0 bridgehead atoms. The van der Waals surface area contributed by atoms with E-state index in [1.807, 2.05) is 0 Å². The molecule has 4 fully saturated rings. The standard InChI is InChI=1S/C19H32O/c1-12-8-10-18(2)14(12)5-4-13-15-6-7-17(20)19(15,3)11-9-16(13)18/h12-17,20H,4-11H2,1-3H3/t12-,13-,14+,15-,16-,17-,18-,19-/m0/s1. The molecule has 0 aromatic carbocycles. The molecule has 114 valence electrons. The first-order valence-electron chi connectivity index (χ1n) is 9.15. The lowest BCUT2D eigenvalue weighted by Gasteiger charge is -2.57. The Morgan fingerprint density at radius 2 is 1.40 bits per heavy atom. The maximum atomic E-state index is 10.5. The van der Waals surface area contributed by atoms with Crippen molar-refractivity contribution in [2.45, 2.75) is 78.2 Å². The Morgan fingerprint density at radius 1 is 0.750 bits per heavy atom. The molecular weight excluding hydrogens is 244 g/mol. The van der Waals surface area contributed by atoms with Gasteiger partial charge >= 0.3 is 0 Å². The molecule has 1 nitrogen and oxygen atoms in total. The third-order valence-electron chi connectivity index (χ3n) is 8.72. The molecule has 1 N–H and O–H groups in total. The predicted octanol–water partition coefficient (Wildman–Crippen LogP) is 4.64. The van der Waals surface area contributed by atoms with Crippen LogP contribution in [0.25, 0.3) is 0 Å². The average Bonchev–Trinajstić information content (AvgIpc) is 2.89. The highest BCUT2D eigenvalue weighted by Gasteiger charge is 2.60. The van der Waals surface area contributed by atoms with Crippen LogP contribution in [0, 0.1) is 40.4 Å². The van der Waals surface area contributed by atoms with Gasteiger partial charge in [0.1, 0.15) is 0 Å². The largest absolute Gasteiger partial charge is 0.393 e. The van der Waals surface area contributed by atoms with Gasteiger partial charge in [0, 0.05) is 0 Å². The zero-order chi connectivity index (χ0) is 14.1. The summed E-state index contributed by atoms with van der Waals surface area (Å²) in [4.78, 5) is 0. The lowest BCUT2D eigenvalue weighted by molar-refractivity contribution is -0.103. The molecule has 20 heavy (non-hydrogen) atoms. The van der Waals surface area contributed by atoms with E-state index >= 15 is 0 Å². The van der Waals surface area contributed by atoms with Gasteiger partial charge in [0.2, 0.25) is 0 Å². The number of hydrogen-bond acceptors (Lipinski definition) is 1. The molecule has 4 saturated carbocycles. The van der Waals surface area contributed by atoms with Gasteiger partial charge in [-0.2, -0.15) is 0 Å². The summed E-state index contributed by atoms with van der Waals surface area (Å²) in [6.45, 7) is 7.53. The smallest absolute Gasteiger partial charge is 0.0596 e. The van der Waals surface area contributed by atoms with Crippen molar-refractivity contribution in [2.75, 3.05) is 0 Å². The number of aliphatic hydroxyl groups is 1. The predicted molar refractivity (Wildman–Crippen MR) is 82.3 cm³/mol. The minimum atomic E-state index is -0.0125. The lowest BCUT2D eigenvalue weighted by atomic mass is 9.48. The first-order chi connectivity index (χ1) is 9.47. The first-order valence-corrected chi connectivity index (χ1v) is 9.15. The monoisotopic (exact) mass is 276 g/mol. The van der Waals surface area contributed by atoms with E-state index in [1.165, 1.54) is 44.9 Å². The summed E-state index contributed by atoms with van der Waals surface area (Å²) < 4.78 is 0. The Labute approximate surface area is 124 Å². The molecule has 0 saturated heterocycles.